The Morgan fingerprint density at radius 3 is 2.67 bits per heavy atom. The second-order valence-corrected chi connectivity index (χ2v) is 5.28. The summed E-state index contributed by atoms with van der Waals surface area (Å²) >= 11 is 3.49. The summed E-state index contributed by atoms with van der Waals surface area (Å²) in [5.41, 5.74) is 9.88. The van der Waals surface area contributed by atoms with E-state index >= 15 is 0 Å². The Hall–Kier alpha value is -1.75. The molecule has 0 saturated carbocycles. The first-order valence-electron chi connectivity index (χ1n) is 5.61. The number of fused-ring (bicyclic) bond motifs is 1. The SMILES string of the molecule is Cn1ncc(N)c1-c1cc2cc(Br)ccc2n1C. The molecule has 0 unspecified atom stereocenters. The van der Waals surface area contributed by atoms with Crippen LogP contribution >= 0.6 is 15.9 Å². The summed E-state index contributed by atoms with van der Waals surface area (Å²) in [7, 11) is 3.94. The molecule has 92 valence electrons. The molecule has 4 nitrogen and oxygen atoms in total. The molecule has 2 aromatic heterocycles. The van der Waals surface area contributed by atoms with Crippen LogP contribution in [0.5, 0.6) is 0 Å². The van der Waals surface area contributed by atoms with Gasteiger partial charge in [0.25, 0.3) is 0 Å². The van der Waals surface area contributed by atoms with Crippen molar-refractivity contribution in [1.82, 2.24) is 14.3 Å². The molecule has 2 N–H and O–H groups in total. The van der Waals surface area contributed by atoms with Gasteiger partial charge in [0.2, 0.25) is 0 Å². The molecule has 5 heteroatoms. The number of nitrogens with two attached hydrogens (primary N) is 1. The van der Waals surface area contributed by atoms with Gasteiger partial charge in [0, 0.05) is 29.5 Å². The number of rotatable bonds is 1. The van der Waals surface area contributed by atoms with Crippen molar-refractivity contribution < 1.29 is 0 Å². The van der Waals surface area contributed by atoms with Gasteiger partial charge in [0.05, 0.1) is 17.6 Å². The fourth-order valence-electron chi connectivity index (χ4n) is 2.32. The van der Waals surface area contributed by atoms with Crippen molar-refractivity contribution >= 4 is 32.5 Å². The summed E-state index contributed by atoms with van der Waals surface area (Å²) in [6, 6.07) is 8.37. The summed E-state index contributed by atoms with van der Waals surface area (Å²) in [5.74, 6) is 0. The van der Waals surface area contributed by atoms with Gasteiger partial charge in [0.1, 0.15) is 5.69 Å². The van der Waals surface area contributed by atoms with Crippen molar-refractivity contribution in [3.8, 4) is 11.4 Å². The Labute approximate surface area is 113 Å². The Morgan fingerprint density at radius 1 is 1.22 bits per heavy atom. The molecule has 0 aliphatic carbocycles. The molecule has 0 aliphatic rings. The highest BCUT2D eigenvalue weighted by Crippen LogP contribution is 2.31. The normalized spacial score (nSPS) is 11.3. The maximum absolute atomic E-state index is 5.99. The van der Waals surface area contributed by atoms with E-state index in [1.807, 2.05) is 20.2 Å². The second-order valence-electron chi connectivity index (χ2n) is 4.36. The lowest BCUT2D eigenvalue weighted by molar-refractivity contribution is 0.768. The zero-order chi connectivity index (χ0) is 12.9. The van der Waals surface area contributed by atoms with E-state index in [-0.39, 0.29) is 0 Å². The molecule has 0 aliphatic heterocycles. The fraction of sp³-hybridized carbons (Fsp3) is 0.154. The molecule has 3 aromatic rings. The van der Waals surface area contributed by atoms with Gasteiger partial charge >= 0.3 is 0 Å². The minimum Gasteiger partial charge on any atom is -0.396 e. The van der Waals surface area contributed by atoms with E-state index in [9.17, 15) is 0 Å². The Balaban J connectivity index is 2.34. The van der Waals surface area contributed by atoms with Crippen molar-refractivity contribution in [3.05, 3.63) is 34.9 Å². The van der Waals surface area contributed by atoms with Gasteiger partial charge in [-0.2, -0.15) is 5.10 Å². The Kier molecular flexibility index (Phi) is 2.45. The molecular formula is C13H13BrN4. The van der Waals surface area contributed by atoms with Crippen LogP contribution in [0.2, 0.25) is 0 Å². The van der Waals surface area contributed by atoms with Gasteiger partial charge in [-0.3, -0.25) is 4.68 Å². The highest BCUT2D eigenvalue weighted by Gasteiger charge is 2.14. The van der Waals surface area contributed by atoms with Crippen LogP contribution in [-0.4, -0.2) is 14.3 Å². The van der Waals surface area contributed by atoms with Gasteiger partial charge in [-0.1, -0.05) is 15.9 Å². The predicted octanol–water partition coefficient (Wildman–Crippen LogP) is 2.92. The fourth-order valence-corrected chi connectivity index (χ4v) is 2.69. The van der Waals surface area contributed by atoms with Crippen LogP contribution < -0.4 is 5.73 Å². The van der Waals surface area contributed by atoms with Gasteiger partial charge in [-0.25, -0.2) is 0 Å². The third kappa shape index (κ3) is 1.54. The first-order valence-corrected chi connectivity index (χ1v) is 6.40. The van der Waals surface area contributed by atoms with E-state index in [0.717, 1.165) is 15.9 Å². The quantitative estimate of drug-likeness (QED) is 0.751. The van der Waals surface area contributed by atoms with Crippen molar-refractivity contribution in [2.75, 3.05) is 5.73 Å². The Morgan fingerprint density at radius 2 is 2.00 bits per heavy atom. The topological polar surface area (TPSA) is 48.8 Å². The van der Waals surface area contributed by atoms with E-state index in [1.54, 1.807) is 10.9 Å². The zero-order valence-electron chi connectivity index (χ0n) is 10.2. The molecule has 0 bridgehead atoms. The molecule has 3 rings (SSSR count). The van der Waals surface area contributed by atoms with Crippen LogP contribution in [0.3, 0.4) is 0 Å². The van der Waals surface area contributed by atoms with Gasteiger partial charge in [-0.15, -0.1) is 0 Å². The van der Waals surface area contributed by atoms with Crippen molar-refractivity contribution in [1.29, 1.82) is 0 Å². The zero-order valence-corrected chi connectivity index (χ0v) is 11.8. The number of hydrogen-bond donors (Lipinski definition) is 1. The second kappa shape index (κ2) is 3.88. The minimum atomic E-state index is 0.697. The highest BCUT2D eigenvalue weighted by atomic mass is 79.9. The first-order chi connectivity index (χ1) is 8.58. The van der Waals surface area contributed by atoms with Crippen LogP contribution in [0.4, 0.5) is 5.69 Å². The minimum absolute atomic E-state index is 0.697. The molecule has 0 spiro atoms. The molecule has 0 amide bonds. The van der Waals surface area contributed by atoms with E-state index in [2.05, 4.69) is 43.8 Å². The van der Waals surface area contributed by atoms with Crippen LogP contribution in [0.1, 0.15) is 0 Å². The molecule has 0 saturated heterocycles. The summed E-state index contributed by atoms with van der Waals surface area (Å²) in [4.78, 5) is 0. The number of nitrogens with zero attached hydrogens (tertiary/aromatic N) is 3. The van der Waals surface area contributed by atoms with E-state index in [0.29, 0.717) is 5.69 Å². The van der Waals surface area contributed by atoms with Crippen LogP contribution in [0, 0.1) is 0 Å². The maximum Gasteiger partial charge on any atom is 0.107 e. The van der Waals surface area contributed by atoms with Crippen LogP contribution in [-0.2, 0) is 14.1 Å². The lowest BCUT2D eigenvalue weighted by Crippen LogP contribution is -2.00. The number of aryl methyl sites for hydroxylation is 2. The number of aromatic nitrogens is 3. The highest BCUT2D eigenvalue weighted by molar-refractivity contribution is 9.10. The molecule has 18 heavy (non-hydrogen) atoms. The lowest BCUT2D eigenvalue weighted by atomic mass is 10.2. The van der Waals surface area contributed by atoms with Gasteiger partial charge in [-0.05, 0) is 24.3 Å². The number of nitrogen functional groups attached to an aromatic ring is 1. The molecule has 1 aromatic carbocycles. The average Bonchev–Trinajstić information content (AvgIpc) is 2.80. The molecular weight excluding hydrogens is 292 g/mol. The first kappa shape index (κ1) is 11.3. The van der Waals surface area contributed by atoms with E-state index in [1.165, 1.54) is 10.9 Å². The Bertz CT molecular complexity index is 719. The largest absolute Gasteiger partial charge is 0.396 e. The molecule has 0 atom stereocenters. The summed E-state index contributed by atoms with van der Waals surface area (Å²) in [6.45, 7) is 0. The smallest absolute Gasteiger partial charge is 0.107 e. The lowest BCUT2D eigenvalue weighted by Gasteiger charge is -2.05. The van der Waals surface area contributed by atoms with Crippen LogP contribution in [0.15, 0.2) is 34.9 Å². The maximum atomic E-state index is 5.99. The van der Waals surface area contributed by atoms with Crippen molar-refractivity contribution in [3.63, 3.8) is 0 Å². The van der Waals surface area contributed by atoms with E-state index in [4.69, 9.17) is 5.73 Å². The van der Waals surface area contributed by atoms with Gasteiger partial charge in [0.15, 0.2) is 0 Å². The summed E-state index contributed by atoms with van der Waals surface area (Å²) in [6.07, 6.45) is 1.68. The number of hydrogen-bond acceptors (Lipinski definition) is 2. The number of anilines is 1. The molecule has 0 radical (unpaired) electrons. The monoisotopic (exact) mass is 304 g/mol. The standard InChI is InChI=1S/C13H13BrN4/c1-17-11-4-3-9(14)5-8(11)6-12(17)13-10(15)7-16-18(13)2/h3-7H,15H2,1-2H3. The third-order valence-electron chi connectivity index (χ3n) is 3.21. The number of benzene rings is 1. The van der Waals surface area contributed by atoms with Crippen molar-refractivity contribution in [2.24, 2.45) is 14.1 Å². The molecule has 2 heterocycles. The summed E-state index contributed by atoms with van der Waals surface area (Å²) in [5, 5.41) is 5.37. The van der Waals surface area contributed by atoms with E-state index < -0.39 is 0 Å². The van der Waals surface area contributed by atoms with Crippen molar-refractivity contribution in [2.45, 2.75) is 0 Å². The number of halogens is 1. The van der Waals surface area contributed by atoms with Gasteiger partial charge < -0.3 is 10.3 Å². The third-order valence-corrected chi connectivity index (χ3v) is 3.71. The summed E-state index contributed by atoms with van der Waals surface area (Å²) < 4.78 is 5.01. The van der Waals surface area contributed by atoms with Crippen LogP contribution in [0.25, 0.3) is 22.3 Å². The molecule has 0 fully saturated rings. The predicted molar refractivity (Wildman–Crippen MR) is 77.2 cm³/mol. The average molecular weight is 305 g/mol.